The molecule has 37 atom stereocenters. The first-order valence-corrected chi connectivity index (χ1v) is 35.3. The van der Waals surface area contributed by atoms with Gasteiger partial charge in [-0.2, -0.15) is 11.8 Å². The molecule has 0 aromatic heterocycles. The number of carbonyl (C=O) groups is 4. The summed E-state index contributed by atoms with van der Waals surface area (Å²) in [4.78, 5) is 48.9. The maximum absolute atomic E-state index is 13.0. The molecule has 0 aliphatic carbocycles. The molecule has 102 heavy (non-hydrogen) atoms. The van der Waals surface area contributed by atoms with Gasteiger partial charge in [-0.25, -0.2) is 0 Å². The highest BCUT2D eigenvalue weighted by Crippen LogP contribution is 2.41. The third-order valence-electron chi connectivity index (χ3n) is 18.5. The van der Waals surface area contributed by atoms with Crippen LogP contribution in [0.1, 0.15) is 39.5 Å². The highest BCUT2D eigenvalue weighted by atomic mass is 32.2. The Kier molecular flexibility index (Phi) is 32.8. The van der Waals surface area contributed by atoms with E-state index in [1.54, 1.807) is 0 Å². The third kappa shape index (κ3) is 20.3. The van der Waals surface area contributed by atoms with Gasteiger partial charge in [0.1, 0.15) is 176 Å². The summed E-state index contributed by atoms with van der Waals surface area (Å²) in [6.45, 7) is -2.38. The van der Waals surface area contributed by atoms with Gasteiger partial charge < -0.3 is 183 Å². The van der Waals surface area contributed by atoms with Crippen LogP contribution in [0.3, 0.4) is 0 Å². The number of aliphatic hydroxyl groups is 19. The van der Waals surface area contributed by atoms with Gasteiger partial charge in [-0.3, -0.25) is 19.2 Å². The second kappa shape index (κ2) is 39.3. The van der Waals surface area contributed by atoms with Gasteiger partial charge in [-0.05, 0) is 13.3 Å². The smallest absolute Gasteiger partial charge is 0.307 e. The van der Waals surface area contributed by atoms with Crippen molar-refractivity contribution in [3.63, 3.8) is 0 Å². The molecule has 21 aliphatic heterocycles. The molecule has 21 fully saturated rings. The number of hydrogen-bond donors (Lipinski definition) is 21. The normalized spacial score (nSPS) is 45.2. The van der Waals surface area contributed by atoms with E-state index < -0.39 is 289 Å². The van der Waals surface area contributed by atoms with Crippen LogP contribution < -0.4 is 0 Å². The van der Waals surface area contributed by atoms with Crippen molar-refractivity contribution in [2.24, 2.45) is 11.8 Å². The van der Waals surface area contributed by atoms with Crippen molar-refractivity contribution >= 4 is 47.0 Å². The van der Waals surface area contributed by atoms with Crippen molar-refractivity contribution in [2.75, 3.05) is 76.7 Å². The lowest BCUT2D eigenvalue weighted by molar-refractivity contribution is -0.394. The Morgan fingerprint density at radius 1 is 0.353 bits per heavy atom. The lowest BCUT2D eigenvalue weighted by Crippen LogP contribution is -2.68. The molecule has 590 valence electrons. The lowest BCUT2D eigenvalue weighted by Gasteiger charge is -2.50. The highest BCUT2D eigenvalue weighted by Gasteiger charge is 2.60. The monoisotopic (exact) mass is 1520 g/mol. The summed E-state index contributed by atoms with van der Waals surface area (Å²) in [6.07, 6.45) is -71.7. The first-order chi connectivity index (χ1) is 48.5. The number of hydrogen-bond acceptors (Lipinski definition) is 41. The second-order valence-corrected chi connectivity index (χ2v) is 27.8. The van der Waals surface area contributed by atoms with E-state index in [2.05, 4.69) is 0 Å². The van der Waals surface area contributed by atoms with Crippen LogP contribution in [0, 0.1) is 11.8 Å². The van der Waals surface area contributed by atoms with Gasteiger partial charge in [0.25, 0.3) is 0 Å². The number of carbonyl (C=O) groups excluding carboxylic acids is 2. The Morgan fingerprint density at radius 3 is 0.941 bits per heavy atom. The number of ether oxygens (including phenoxy) is 16. The van der Waals surface area contributed by atoms with Crippen LogP contribution in [0.4, 0.5) is 0 Å². The molecule has 0 radical (unpaired) electrons. The molecule has 0 amide bonds. The van der Waals surface area contributed by atoms with E-state index in [1.807, 2.05) is 0 Å². The van der Waals surface area contributed by atoms with Crippen LogP contribution in [0.15, 0.2) is 0 Å². The summed E-state index contributed by atoms with van der Waals surface area (Å²) in [5, 5.41) is 237. The Labute approximate surface area is 589 Å². The molecule has 16 unspecified atom stereocenters. The van der Waals surface area contributed by atoms with Gasteiger partial charge in [0.15, 0.2) is 44.0 Å². The van der Waals surface area contributed by atoms with Gasteiger partial charge in [0.05, 0.1) is 77.4 Å². The average molecular weight is 1530 g/mol. The van der Waals surface area contributed by atoms with Crippen LogP contribution in [-0.2, 0) is 95.0 Å². The van der Waals surface area contributed by atoms with E-state index in [4.69, 9.17) is 75.8 Å². The van der Waals surface area contributed by atoms with E-state index >= 15 is 0 Å². The minimum Gasteiger partial charge on any atom is -0.481 e. The van der Waals surface area contributed by atoms with E-state index in [9.17, 15) is 126 Å². The first-order valence-electron chi connectivity index (χ1n) is 33.1. The van der Waals surface area contributed by atoms with E-state index in [0.29, 0.717) is 11.8 Å². The molecule has 0 saturated carbocycles. The molecule has 21 N–H and O–H groups in total. The Balaban J connectivity index is 1.08. The summed E-state index contributed by atoms with van der Waals surface area (Å²) >= 11 is 1.44. The summed E-state index contributed by atoms with van der Waals surface area (Å²) in [7, 11) is 0. The molecule has 21 heterocycles. The maximum atomic E-state index is 13.0. The van der Waals surface area contributed by atoms with Crippen LogP contribution in [0.25, 0.3) is 0 Å². The zero-order valence-electron chi connectivity index (χ0n) is 55.0. The number of aliphatic carboxylic acids is 2. The molecule has 43 heteroatoms. The van der Waals surface area contributed by atoms with Gasteiger partial charge in [-0.1, -0.05) is 6.92 Å². The van der Waals surface area contributed by atoms with Crippen molar-refractivity contribution in [3.8, 4) is 0 Å². The van der Waals surface area contributed by atoms with Gasteiger partial charge in [0.2, 0.25) is 0 Å². The topological polar surface area (TPSA) is 641 Å². The fraction of sp³-hybridized carbons (Fsp3) is 0.932. The zero-order valence-corrected chi connectivity index (χ0v) is 56.7. The SMILES string of the molecule is CCC(CSC1O[C@@H]2O[C@@H]3C(CO)O[C@H](O[C@@H]4C(CO)O[C@H](O[C@@H]5C(CO)O[C@H](O[C@@H]6C(CSCC(CC(=O)CCOCCOCCC(C)=O)C(=O)O)O[C@H](O[C@@H]7C(CO)O[C@H](O[C@@H]8C(CO)O[C@H](O[C@H]1[C@H](O)C2O)C(O)[C@H]8O)C(O)[C@H]7O)C(O)[C@H]6O)C(O)[C@H]5O)C(O)[C@H]4O)C(O)[C@H]3O)C(=O)O. The van der Waals surface area contributed by atoms with Crippen molar-refractivity contribution < 1.29 is 202 Å². The van der Waals surface area contributed by atoms with Gasteiger partial charge >= 0.3 is 11.9 Å². The molecule has 0 aromatic rings. The maximum Gasteiger partial charge on any atom is 0.307 e. The van der Waals surface area contributed by atoms with Crippen molar-refractivity contribution in [1.82, 2.24) is 0 Å². The lowest BCUT2D eigenvalue weighted by atomic mass is 9.95. The van der Waals surface area contributed by atoms with Crippen LogP contribution in [0.5, 0.6) is 0 Å². The van der Waals surface area contributed by atoms with Crippen LogP contribution >= 0.6 is 23.5 Å². The summed E-state index contributed by atoms with van der Waals surface area (Å²) < 4.78 is 93.1. The quantitative estimate of drug-likeness (QED) is 0.0358. The predicted molar refractivity (Wildman–Crippen MR) is 328 cm³/mol. The minimum atomic E-state index is -2.31. The number of ketones is 2. The number of carboxylic acid groups (broad SMARTS) is 2. The average Bonchev–Trinajstić information content (AvgIpc) is 0.779. The second-order valence-electron chi connectivity index (χ2n) is 25.6. The van der Waals surface area contributed by atoms with Crippen molar-refractivity contribution in [3.05, 3.63) is 0 Å². The molecular formula is C59H96O41S2. The molecule has 0 spiro atoms. The molecule has 41 nitrogen and oxygen atoms in total. The molecule has 21 saturated heterocycles. The Bertz CT molecular complexity index is 2590. The Hall–Kier alpha value is -2.42. The minimum absolute atomic E-state index is 0.0387. The van der Waals surface area contributed by atoms with Crippen LogP contribution in [-0.4, -0.2) is 422 Å². The number of Topliss-reactive ketones (excluding diaryl/α,β-unsaturated/α-hetero) is 2. The molecule has 21 aliphatic rings. The fourth-order valence-electron chi connectivity index (χ4n) is 12.5. The first kappa shape index (κ1) is 85.2. The summed E-state index contributed by atoms with van der Waals surface area (Å²) in [5.74, 6) is -6.93. The number of aliphatic hydroxyl groups excluding tert-OH is 19. The van der Waals surface area contributed by atoms with E-state index in [-0.39, 0.29) is 63.0 Å². The molecule has 0 aromatic carbocycles. The largest absolute Gasteiger partial charge is 0.481 e. The number of rotatable bonds is 26. The predicted octanol–water partition coefficient (Wildman–Crippen LogP) is -11.6. The summed E-state index contributed by atoms with van der Waals surface area (Å²) in [6, 6.07) is 0. The highest BCUT2D eigenvalue weighted by molar-refractivity contribution is 7.99. The van der Waals surface area contributed by atoms with Gasteiger partial charge in [-0.15, -0.1) is 11.8 Å². The standard InChI is InChI=1S/C59H96O41S2/c1-3-20(50(81)82)17-102-59-49-35(73)42(80)58(100-59)97-47-27(15-64)89-54(38(76)32(47)70)93-43-23(11-60)87-52(36(74)29(43)67)94-44-24(12-61)90-55(39(77)31(44)69)98-48-28(18-101-16-21(51(83)84)10-22(66)5-7-86-9-8-85-6-4-19(2)65)92-57(41(79)34(48)72)96-46-25(13-62)88-53(37(75)30(46)68)95-45-26(14-63)91-56(99-49)40(78)33(45)71/h20-21,23-49,52-64,67-80H,3-18H2,1-2H3,(H,81,82)(H,83,84)/t20?,21?,23?,24?,25?,26?,27?,28?,29-,30-,31-,32-,33-,34-,35-,36?,37?,38?,39?,40?,41?,42?,43-,44-,45-,46-,47-,48-,49+,52-,53-,54-,55-,56-,57-,58+,59?/m1/s1. The number of thioether (sulfide) groups is 2. The van der Waals surface area contributed by atoms with Crippen molar-refractivity contribution in [1.29, 1.82) is 0 Å². The molecular weight excluding hydrogens is 1430 g/mol. The van der Waals surface area contributed by atoms with E-state index in [1.165, 1.54) is 13.8 Å². The summed E-state index contributed by atoms with van der Waals surface area (Å²) in [5.41, 5.74) is -1.67. The number of carboxylic acids is 2. The zero-order chi connectivity index (χ0) is 74.7. The van der Waals surface area contributed by atoms with Gasteiger partial charge in [0, 0.05) is 36.5 Å². The molecule has 21 rings (SSSR count). The van der Waals surface area contributed by atoms with Crippen LogP contribution in [0.2, 0.25) is 0 Å². The van der Waals surface area contributed by atoms with Crippen molar-refractivity contribution in [2.45, 2.75) is 254 Å². The third-order valence-corrected chi connectivity index (χ3v) is 21.0. The molecule has 14 bridgehead atoms. The fourth-order valence-corrected chi connectivity index (χ4v) is 15.1. The van der Waals surface area contributed by atoms with E-state index in [0.717, 1.165) is 11.8 Å². The Morgan fingerprint density at radius 2 is 0.637 bits per heavy atom.